The summed E-state index contributed by atoms with van der Waals surface area (Å²) in [5, 5.41) is 9.52. The normalized spacial score (nSPS) is 15.4. The van der Waals surface area contributed by atoms with Crippen molar-refractivity contribution in [2.75, 3.05) is 12.0 Å². The molecule has 0 aromatic carbocycles. The van der Waals surface area contributed by atoms with E-state index < -0.39 is 0 Å². The minimum Gasteiger partial charge on any atom is -0.367 e. The van der Waals surface area contributed by atoms with Crippen molar-refractivity contribution in [3.63, 3.8) is 0 Å². The van der Waals surface area contributed by atoms with Gasteiger partial charge in [0.1, 0.15) is 0 Å². The minimum absolute atomic E-state index is 0.0231. The number of carbonyl (C=O) groups excluding carboxylic acids is 1. The Morgan fingerprint density at radius 2 is 2.30 bits per heavy atom. The molecule has 2 heterocycles. The maximum absolute atomic E-state index is 11.0. The zero-order chi connectivity index (χ0) is 6.97. The Bertz CT molecular complexity index is 268. The van der Waals surface area contributed by atoms with Crippen LogP contribution < -0.4 is 10.6 Å². The predicted octanol–water partition coefficient (Wildman–Crippen LogP) is 0.861. The molecule has 0 unspecified atom stereocenters. The smallest absolute Gasteiger partial charge is 0.255 e. The Morgan fingerprint density at radius 1 is 1.40 bits per heavy atom. The maximum atomic E-state index is 11.0. The number of hydrogen-bond acceptors (Lipinski definition) is 3. The van der Waals surface area contributed by atoms with Crippen LogP contribution in [-0.2, 0) is 0 Å². The van der Waals surface area contributed by atoms with Crippen molar-refractivity contribution in [1.29, 1.82) is 0 Å². The second-order valence-electron chi connectivity index (χ2n) is 2.06. The lowest BCUT2D eigenvalue weighted by Gasteiger charge is -2.13. The molecule has 0 radical (unpaired) electrons. The van der Waals surface area contributed by atoms with Gasteiger partial charge in [-0.05, 0) is 0 Å². The van der Waals surface area contributed by atoms with Crippen LogP contribution in [0.25, 0.3) is 0 Å². The van der Waals surface area contributed by atoms with Crippen molar-refractivity contribution in [1.82, 2.24) is 5.32 Å². The Morgan fingerprint density at radius 3 is 3.10 bits per heavy atom. The third kappa shape index (κ3) is 0.690. The molecule has 4 heteroatoms. The molecule has 0 aliphatic carbocycles. The van der Waals surface area contributed by atoms with Crippen LogP contribution in [0.2, 0.25) is 0 Å². The molecule has 0 fully saturated rings. The van der Waals surface area contributed by atoms with Crippen molar-refractivity contribution < 1.29 is 4.79 Å². The van der Waals surface area contributed by atoms with E-state index in [9.17, 15) is 4.79 Å². The summed E-state index contributed by atoms with van der Waals surface area (Å²) >= 11 is 1.54. The third-order valence-corrected chi connectivity index (χ3v) is 2.18. The molecule has 0 saturated carbocycles. The first-order valence-corrected chi connectivity index (χ1v) is 3.90. The zero-order valence-corrected chi connectivity index (χ0v) is 5.99. The molecule has 2 rings (SSSR count). The van der Waals surface area contributed by atoms with Gasteiger partial charge in [-0.1, -0.05) is 0 Å². The van der Waals surface area contributed by atoms with Crippen LogP contribution >= 0.6 is 11.3 Å². The number of hydrogen-bond donors (Lipinski definition) is 2. The molecule has 3 nitrogen and oxygen atoms in total. The molecule has 0 saturated heterocycles. The summed E-state index contributed by atoms with van der Waals surface area (Å²) in [6.45, 7) is 0.544. The van der Waals surface area contributed by atoms with E-state index in [2.05, 4.69) is 10.6 Å². The summed E-state index contributed by atoms with van der Waals surface area (Å²) < 4.78 is 0. The molecule has 1 aliphatic rings. The average Bonchev–Trinajstić information content (AvgIpc) is 2.36. The van der Waals surface area contributed by atoms with E-state index in [4.69, 9.17) is 0 Å². The number of thiophene rings is 1. The lowest BCUT2D eigenvalue weighted by atomic mass is 10.2. The van der Waals surface area contributed by atoms with Crippen LogP contribution in [0.1, 0.15) is 10.4 Å². The predicted molar refractivity (Wildman–Crippen MR) is 40.3 cm³/mol. The molecular weight excluding hydrogens is 148 g/mol. The highest BCUT2D eigenvalue weighted by Gasteiger charge is 2.15. The fourth-order valence-electron chi connectivity index (χ4n) is 0.925. The number of amides is 1. The highest BCUT2D eigenvalue weighted by molar-refractivity contribution is 7.08. The Hall–Kier alpha value is -1.03. The van der Waals surface area contributed by atoms with Crippen LogP contribution in [0.15, 0.2) is 10.8 Å². The fourth-order valence-corrected chi connectivity index (χ4v) is 1.71. The van der Waals surface area contributed by atoms with Crippen molar-refractivity contribution in [2.24, 2.45) is 0 Å². The minimum atomic E-state index is 0.0231. The van der Waals surface area contributed by atoms with Gasteiger partial charge in [-0.25, -0.2) is 0 Å². The lowest BCUT2D eigenvalue weighted by Crippen LogP contribution is -2.33. The third-order valence-electron chi connectivity index (χ3n) is 1.43. The van der Waals surface area contributed by atoms with Gasteiger partial charge in [-0.2, -0.15) is 0 Å². The molecule has 0 spiro atoms. The van der Waals surface area contributed by atoms with Gasteiger partial charge in [0.15, 0.2) is 0 Å². The summed E-state index contributed by atoms with van der Waals surface area (Å²) in [6, 6.07) is 0. The number of anilines is 1. The summed E-state index contributed by atoms with van der Waals surface area (Å²) in [5.74, 6) is 0.0231. The first-order chi connectivity index (χ1) is 4.88. The van der Waals surface area contributed by atoms with Gasteiger partial charge >= 0.3 is 0 Å². The molecule has 1 aromatic rings. The molecule has 1 aliphatic heterocycles. The second kappa shape index (κ2) is 1.98. The van der Waals surface area contributed by atoms with Crippen LogP contribution in [-0.4, -0.2) is 12.6 Å². The van der Waals surface area contributed by atoms with Crippen LogP contribution in [0.3, 0.4) is 0 Å². The molecular formula is C6H6N2OS. The number of rotatable bonds is 0. The zero-order valence-electron chi connectivity index (χ0n) is 5.18. The van der Waals surface area contributed by atoms with E-state index in [1.807, 2.05) is 10.8 Å². The van der Waals surface area contributed by atoms with Crippen molar-refractivity contribution >= 4 is 22.9 Å². The lowest BCUT2D eigenvalue weighted by molar-refractivity contribution is 0.0953. The van der Waals surface area contributed by atoms with E-state index in [0.717, 1.165) is 11.3 Å². The summed E-state index contributed by atoms with van der Waals surface area (Å²) in [4.78, 5) is 11.0. The van der Waals surface area contributed by atoms with E-state index in [1.54, 1.807) is 0 Å². The Balaban J connectivity index is 2.50. The van der Waals surface area contributed by atoms with Crippen molar-refractivity contribution in [3.8, 4) is 0 Å². The summed E-state index contributed by atoms with van der Waals surface area (Å²) in [6.07, 6.45) is 0. The molecule has 10 heavy (non-hydrogen) atoms. The van der Waals surface area contributed by atoms with Gasteiger partial charge in [0.05, 0.1) is 17.9 Å². The first kappa shape index (κ1) is 5.73. The highest BCUT2D eigenvalue weighted by atomic mass is 32.1. The van der Waals surface area contributed by atoms with E-state index in [-0.39, 0.29) is 5.91 Å². The number of fused-ring (bicyclic) bond motifs is 1. The van der Waals surface area contributed by atoms with Crippen LogP contribution in [0.4, 0.5) is 5.69 Å². The Kier molecular flexibility index (Phi) is 1.14. The van der Waals surface area contributed by atoms with Gasteiger partial charge in [0.2, 0.25) is 0 Å². The quantitative estimate of drug-likeness (QED) is 0.582. The highest BCUT2D eigenvalue weighted by Crippen LogP contribution is 2.21. The second-order valence-corrected chi connectivity index (χ2v) is 2.80. The molecule has 52 valence electrons. The topological polar surface area (TPSA) is 41.1 Å². The van der Waals surface area contributed by atoms with Crippen molar-refractivity contribution in [3.05, 3.63) is 16.3 Å². The fraction of sp³-hybridized carbons (Fsp3) is 0.167. The first-order valence-electron chi connectivity index (χ1n) is 2.96. The van der Waals surface area contributed by atoms with Crippen molar-refractivity contribution in [2.45, 2.75) is 0 Å². The van der Waals surface area contributed by atoms with Crippen LogP contribution in [0, 0.1) is 0 Å². The average molecular weight is 154 g/mol. The Labute approximate surface area is 62.1 Å². The molecule has 0 atom stereocenters. The molecule has 1 amide bonds. The van der Waals surface area contributed by atoms with Gasteiger partial charge in [0.25, 0.3) is 5.91 Å². The van der Waals surface area contributed by atoms with Crippen LogP contribution in [0.5, 0.6) is 0 Å². The van der Waals surface area contributed by atoms with E-state index in [1.165, 1.54) is 11.3 Å². The van der Waals surface area contributed by atoms with Gasteiger partial charge in [-0.3, -0.25) is 4.79 Å². The summed E-state index contributed by atoms with van der Waals surface area (Å²) in [5.41, 5.74) is 1.71. The standard InChI is InChI=1S/C6H6N2OS/c9-6-4-1-10-2-5(4)7-3-8-6/h1-2,7H,3H2,(H,8,9). The monoisotopic (exact) mass is 154 g/mol. The van der Waals surface area contributed by atoms with E-state index >= 15 is 0 Å². The van der Waals surface area contributed by atoms with E-state index in [0.29, 0.717) is 6.67 Å². The molecule has 0 bridgehead atoms. The molecule has 2 N–H and O–H groups in total. The SMILES string of the molecule is O=C1NCNc2cscc21. The van der Waals surface area contributed by atoms with Gasteiger partial charge in [0, 0.05) is 10.8 Å². The molecule has 1 aromatic heterocycles. The maximum Gasteiger partial charge on any atom is 0.255 e. The number of carbonyl (C=O) groups is 1. The van der Waals surface area contributed by atoms with Gasteiger partial charge in [-0.15, -0.1) is 11.3 Å². The summed E-state index contributed by atoms with van der Waals surface area (Å²) in [7, 11) is 0. The van der Waals surface area contributed by atoms with Gasteiger partial charge < -0.3 is 10.6 Å². The largest absolute Gasteiger partial charge is 0.367 e. The number of nitrogens with one attached hydrogen (secondary N) is 2.